The molecule has 1 aromatic rings. The van der Waals surface area contributed by atoms with Crippen molar-refractivity contribution in [2.24, 2.45) is 0 Å². The fraction of sp³-hybridized carbons (Fsp3) is 0.429. The molecule has 0 saturated carbocycles. The zero-order valence-corrected chi connectivity index (χ0v) is 12.4. The van der Waals surface area contributed by atoms with Crippen LogP contribution in [-0.2, 0) is 49.6 Å². The minimum absolute atomic E-state index is 0. The van der Waals surface area contributed by atoms with Crippen LogP contribution in [-0.4, -0.2) is 30.6 Å². The van der Waals surface area contributed by atoms with E-state index in [2.05, 4.69) is 6.92 Å². The number of esters is 1. The molecule has 0 spiro atoms. The van der Waals surface area contributed by atoms with Gasteiger partial charge in [0.2, 0.25) is 0 Å². The first kappa shape index (κ1) is 14.2. The van der Waals surface area contributed by atoms with Gasteiger partial charge in [0.25, 0.3) is 0 Å². The third kappa shape index (κ3) is 2.03. The Morgan fingerprint density at radius 1 is 1.15 bits per heavy atom. The van der Waals surface area contributed by atoms with Crippen molar-refractivity contribution in [2.75, 3.05) is 0 Å². The van der Waals surface area contributed by atoms with Crippen LogP contribution in [0.4, 0.5) is 0 Å². The maximum atomic E-state index is 11.3. The SMILES string of the molecule is [CH2-]C1(c2ccccc2)OC2OC3CC(=O)OC3C2O1.[Tc]. The van der Waals surface area contributed by atoms with Gasteiger partial charge in [-0.1, -0.05) is 30.3 Å². The molecule has 0 N–H and O–H groups in total. The van der Waals surface area contributed by atoms with E-state index in [0.29, 0.717) is 0 Å². The van der Waals surface area contributed by atoms with Gasteiger partial charge in [-0.25, -0.2) is 0 Å². The van der Waals surface area contributed by atoms with Gasteiger partial charge in [0.1, 0.15) is 12.2 Å². The number of fused-ring (bicyclic) bond motifs is 3. The fourth-order valence-electron chi connectivity index (χ4n) is 2.85. The van der Waals surface area contributed by atoms with Crippen molar-refractivity contribution in [3.8, 4) is 0 Å². The van der Waals surface area contributed by atoms with Crippen LogP contribution in [0.3, 0.4) is 0 Å². The average Bonchev–Trinajstić information content (AvgIpc) is 2.99. The van der Waals surface area contributed by atoms with Crippen LogP contribution in [0.5, 0.6) is 0 Å². The van der Waals surface area contributed by atoms with Gasteiger partial charge in [-0.15, -0.1) is 0 Å². The number of carbonyl (C=O) groups is 1. The summed E-state index contributed by atoms with van der Waals surface area (Å²) in [6, 6.07) is 9.46. The zero-order valence-electron chi connectivity index (χ0n) is 10.5. The predicted molar refractivity (Wildman–Crippen MR) is 62.6 cm³/mol. The first-order valence-electron chi connectivity index (χ1n) is 6.27. The van der Waals surface area contributed by atoms with Gasteiger partial charge in [0, 0.05) is 20.1 Å². The molecule has 0 aliphatic carbocycles. The number of benzene rings is 1. The number of rotatable bonds is 1. The first-order valence-corrected chi connectivity index (χ1v) is 6.27. The van der Waals surface area contributed by atoms with E-state index >= 15 is 0 Å². The Kier molecular flexibility index (Phi) is 3.47. The molecular formula is C14H13O5Tc-. The Labute approximate surface area is 129 Å². The minimum atomic E-state index is -1.10. The summed E-state index contributed by atoms with van der Waals surface area (Å²) in [6.07, 6.45) is -1.32. The molecule has 5 atom stereocenters. The van der Waals surface area contributed by atoms with Crippen LogP contribution in [0.1, 0.15) is 12.0 Å². The van der Waals surface area contributed by atoms with Crippen molar-refractivity contribution >= 4 is 5.97 Å². The normalized spacial score (nSPS) is 41.8. The molecule has 3 aliphatic heterocycles. The van der Waals surface area contributed by atoms with Crippen LogP contribution in [0, 0.1) is 6.92 Å². The van der Waals surface area contributed by atoms with E-state index in [1.165, 1.54) is 0 Å². The van der Waals surface area contributed by atoms with Gasteiger partial charge >= 0.3 is 5.97 Å². The summed E-state index contributed by atoms with van der Waals surface area (Å²) in [5.41, 5.74) is 0.814. The van der Waals surface area contributed by atoms with Crippen LogP contribution in [0.15, 0.2) is 30.3 Å². The third-order valence-corrected chi connectivity index (χ3v) is 3.75. The Morgan fingerprint density at radius 2 is 1.90 bits per heavy atom. The quantitative estimate of drug-likeness (QED) is 0.556. The molecule has 4 rings (SSSR count). The van der Waals surface area contributed by atoms with E-state index in [0.717, 1.165) is 5.56 Å². The first-order chi connectivity index (χ1) is 9.16. The molecule has 107 valence electrons. The van der Waals surface area contributed by atoms with Crippen LogP contribution >= 0.6 is 0 Å². The monoisotopic (exact) mass is 358 g/mol. The van der Waals surface area contributed by atoms with E-state index in [1.54, 1.807) is 0 Å². The summed E-state index contributed by atoms with van der Waals surface area (Å²) >= 11 is 0. The smallest absolute Gasteiger partial charge is 0.309 e. The second-order valence-electron chi connectivity index (χ2n) is 5.02. The second kappa shape index (κ2) is 4.90. The molecule has 1 aromatic carbocycles. The molecule has 1 radical (unpaired) electrons. The van der Waals surface area contributed by atoms with Gasteiger partial charge in [-0.2, -0.15) is 0 Å². The van der Waals surface area contributed by atoms with E-state index in [-0.39, 0.29) is 44.7 Å². The maximum absolute atomic E-state index is 11.3. The molecule has 5 nitrogen and oxygen atoms in total. The Hall–Kier alpha value is -0.781. The second-order valence-corrected chi connectivity index (χ2v) is 5.02. The number of ether oxygens (including phenoxy) is 4. The van der Waals surface area contributed by atoms with Crippen LogP contribution in [0.2, 0.25) is 0 Å². The molecular weight excluding hydrogens is 346 g/mol. The maximum Gasteiger partial charge on any atom is 0.309 e. The van der Waals surface area contributed by atoms with Crippen molar-refractivity contribution < 1.29 is 43.8 Å². The number of hydrogen-bond donors (Lipinski definition) is 0. The minimum Gasteiger partial charge on any atom is -0.456 e. The van der Waals surface area contributed by atoms with E-state index in [9.17, 15) is 4.79 Å². The molecule has 0 aromatic heterocycles. The summed E-state index contributed by atoms with van der Waals surface area (Å²) in [6.45, 7) is 3.99. The average molecular weight is 359 g/mol. The molecule has 3 aliphatic rings. The topological polar surface area (TPSA) is 54.0 Å². The van der Waals surface area contributed by atoms with Crippen molar-refractivity contribution in [2.45, 2.75) is 36.8 Å². The number of carbonyl (C=O) groups excluding carboxylic acids is 1. The fourth-order valence-corrected chi connectivity index (χ4v) is 2.85. The van der Waals surface area contributed by atoms with Crippen LogP contribution < -0.4 is 0 Å². The predicted octanol–water partition coefficient (Wildman–Crippen LogP) is 1.13. The van der Waals surface area contributed by atoms with E-state index in [1.807, 2.05) is 30.3 Å². The van der Waals surface area contributed by atoms with Gasteiger partial charge in [-0.3, -0.25) is 11.7 Å². The molecule has 20 heavy (non-hydrogen) atoms. The van der Waals surface area contributed by atoms with Crippen LogP contribution in [0.25, 0.3) is 0 Å². The molecule has 3 fully saturated rings. The van der Waals surface area contributed by atoms with Gasteiger partial charge in [0.15, 0.2) is 12.4 Å². The summed E-state index contributed by atoms with van der Waals surface area (Å²) in [5, 5.41) is 0. The molecule has 6 heteroatoms. The standard InChI is InChI=1S/C14H13O5.Tc/c1-14(8-5-3-2-4-6-8)18-12-11-9(7-10(15)17-11)16-13(12)19-14;/h2-6,9,11-13H,1,7H2;/q-1;. The molecule has 3 heterocycles. The van der Waals surface area contributed by atoms with E-state index < -0.39 is 18.2 Å². The van der Waals surface area contributed by atoms with Gasteiger partial charge < -0.3 is 18.9 Å². The van der Waals surface area contributed by atoms with Crippen molar-refractivity contribution in [1.82, 2.24) is 0 Å². The molecule has 3 saturated heterocycles. The van der Waals surface area contributed by atoms with Crippen molar-refractivity contribution in [3.63, 3.8) is 0 Å². The van der Waals surface area contributed by atoms with Gasteiger partial charge in [-0.05, 0) is 5.56 Å². The van der Waals surface area contributed by atoms with Crippen molar-refractivity contribution in [3.05, 3.63) is 42.8 Å². The summed E-state index contributed by atoms with van der Waals surface area (Å²) < 4.78 is 22.6. The Morgan fingerprint density at radius 3 is 2.65 bits per heavy atom. The Bertz CT molecular complexity index is 522. The summed E-state index contributed by atoms with van der Waals surface area (Å²) in [4.78, 5) is 11.3. The largest absolute Gasteiger partial charge is 0.456 e. The summed E-state index contributed by atoms with van der Waals surface area (Å²) in [7, 11) is 0. The molecule has 5 unspecified atom stereocenters. The molecule has 0 bridgehead atoms. The van der Waals surface area contributed by atoms with E-state index in [4.69, 9.17) is 18.9 Å². The zero-order chi connectivity index (χ0) is 13.0. The summed E-state index contributed by atoms with van der Waals surface area (Å²) in [5.74, 6) is -1.35. The van der Waals surface area contributed by atoms with Crippen molar-refractivity contribution in [1.29, 1.82) is 0 Å². The Balaban J connectivity index is 0.00000121. The number of hydrogen-bond acceptors (Lipinski definition) is 5. The molecule has 0 amide bonds. The van der Waals surface area contributed by atoms with Gasteiger partial charge in [0.05, 0.1) is 12.2 Å². The third-order valence-electron chi connectivity index (χ3n) is 3.75.